The molecule has 3 rings (SSSR count). The van der Waals surface area contributed by atoms with E-state index in [4.69, 9.17) is 4.74 Å². The lowest BCUT2D eigenvalue weighted by Crippen LogP contribution is -2.24. The van der Waals surface area contributed by atoms with Crippen LogP contribution < -0.4 is 10.1 Å². The first-order valence-electron chi connectivity index (χ1n) is 8.17. The zero-order chi connectivity index (χ0) is 17.5. The fourth-order valence-electron chi connectivity index (χ4n) is 2.64. The summed E-state index contributed by atoms with van der Waals surface area (Å²) in [4.78, 5) is 16.2. The number of benzene rings is 2. The summed E-state index contributed by atoms with van der Waals surface area (Å²) in [7, 11) is 1.61. The van der Waals surface area contributed by atoms with Gasteiger partial charge in [-0.25, -0.2) is 4.98 Å². The number of hydrogen-bond donors (Lipinski definition) is 1. The summed E-state index contributed by atoms with van der Waals surface area (Å²) in [5.74, 6) is 0.716. The Labute approximate surface area is 147 Å². The minimum Gasteiger partial charge on any atom is -0.496 e. The Morgan fingerprint density at radius 3 is 2.60 bits per heavy atom. The zero-order valence-corrected chi connectivity index (χ0v) is 14.2. The molecule has 0 saturated carbocycles. The summed E-state index contributed by atoms with van der Waals surface area (Å²) < 4.78 is 7.30. The van der Waals surface area contributed by atoms with Gasteiger partial charge in [0.25, 0.3) is 0 Å². The van der Waals surface area contributed by atoms with Gasteiger partial charge in [0.15, 0.2) is 0 Å². The second-order valence-corrected chi connectivity index (χ2v) is 5.82. The molecule has 0 spiro atoms. The molecule has 5 heteroatoms. The van der Waals surface area contributed by atoms with Gasteiger partial charge in [-0.15, -0.1) is 0 Å². The molecule has 3 aromatic rings. The van der Waals surface area contributed by atoms with E-state index in [1.165, 1.54) is 5.56 Å². The molecular weight excluding hydrogens is 314 g/mol. The van der Waals surface area contributed by atoms with Crippen LogP contribution in [-0.4, -0.2) is 22.6 Å². The highest BCUT2D eigenvalue weighted by atomic mass is 16.5. The van der Waals surface area contributed by atoms with Crippen molar-refractivity contribution in [1.82, 2.24) is 14.9 Å². The third kappa shape index (κ3) is 4.70. The number of amides is 1. The maximum atomic E-state index is 12.2. The number of aromatic nitrogens is 2. The Kier molecular flexibility index (Phi) is 5.46. The lowest BCUT2D eigenvalue weighted by molar-refractivity contribution is -0.120. The van der Waals surface area contributed by atoms with E-state index < -0.39 is 0 Å². The van der Waals surface area contributed by atoms with Gasteiger partial charge in [-0.1, -0.05) is 42.5 Å². The van der Waals surface area contributed by atoms with Crippen LogP contribution in [0.15, 0.2) is 67.3 Å². The third-order valence-electron chi connectivity index (χ3n) is 3.98. The molecule has 0 aliphatic heterocycles. The standard InChI is InChI=1S/C20H21N3O2/c1-25-19-5-3-2-4-18(19)12-20(24)22-13-16-6-8-17(9-7-16)14-23-11-10-21-15-23/h2-11,15H,12-14H2,1H3,(H,22,24). The molecular formula is C20H21N3O2. The average Bonchev–Trinajstić information content (AvgIpc) is 3.15. The molecule has 0 aliphatic rings. The maximum absolute atomic E-state index is 12.2. The third-order valence-corrected chi connectivity index (χ3v) is 3.98. The van der Waals surface area contributed by atoms with Gasteiger partial charge in [-0.05, 0) is 17.2 Å². The molecule has 1 heterocycles. The van der Waals surface area contributed by atoms with Gasteiger partial charge in [-0.3, -0.25) is 4.79 Å². The van der Waals surface area contributed by atoms with Crippen molar-refractivity contribution in [2.24, 2.45) is 0 Å². The van der Waals surface area contributed by atoms with Crippen LogP contribution in [0.2, 0.25) is 0 Å². The van der Waals surface area contributed by atoms with E-state index in [2.05, 4.69) is 22.4 Å². The van der Waals surface area contributed by atoms with Crippen LogP contribution in [0.3, 0.4) is 0 Å². The summed E-state index contributed by atoms with van der Waals surface area (Å²) in [6, 6.07) is 15.8. The molecule has 0 bridgehead atoms. The summed E-state index contributed by atoms with van der Waals surface area (Å²) in [5.41, 5.74) is 3.16. The number of ether oxygens (including phenoxy) is 1. The number of nitrogens with one attached hydrogen (secondary N) is 1. The molecule has 0 unspecified atom stereocenters. The van der Waals surface area contributed by atoms with E-state index in [9.17, 15) is 4.79 Å². The van der Waals surface area contributed by atoms with Crippen molar-refractivity contribution in [1.29, 1.82) is 0 Å². The SMILES string of the molecule is COc1ccccc1CC(=O)NCc1ccc(Cn2ccnc2)cc1. The molecule has 1 amide bonds. The molecule has 1 aromatic heterocycles. The molecule has 2 aromatic carbocycles. The van der Waals surface area contributed by atoms with E-state index in [0.29, 0.717) is 13.0 Å². The molecule has 128 valence electrons. The van der Waals surface area contributed by atoms with Crippen LogP contribution >= 0.6 is 0 Å². The lowest BCUT2D eigenvalue weighted by atomic mass is 10.1. The van der Waals surface area contributed by atoms with Crippen LogP contribution in [0.5, 0.6) is 5.75 Å². The number of rotatable bonds is 7. The predicted octanol–water partition coefficient (Wildman–Crippen LogP) is 2.80. The van der Waals surface area contributed by atoms with Crippen molar-refractivity contribution in [3.05, 3.63) is 83.9 Å². The van der Waals surface area contributed by atoms with Crippen LogP contribution in [0.25, 0.3) is 0 Å². The van der Waals surface area contributed by atoms with Crippen molar-refractivity contribution in [3.8, 4) is 5.75 Å². The van der Waals surface area contributed by atoms with Crippen LogP contribution in [0, 0.1) is 0 Å². The van der Waals surface area contributed by atoms with Gasteiger partial charge in [0.1, 0.15) is 5.75 Å². The topological polar surface area (TPSA) is 56.1 Å². The molecule has 0 radical (unpaired) electrons. The smallest absolute Gasteiger partial charge is 0.224 e. The van der Waals surface area contributed by atoms with Crippen LogP contribution in [0.1, 0.15) is 16.7 Å². The molecule has 25 heavy (non-hydrogen) atoms. The first-order chi connectivity index (χ1) is 12.2. The highest BCUT2D eigenvalue weighted by Gasteiger charge is 2.08. The van der Waals surface area contributed by atoms with Gasteiger partial charge in [-0.2, -0.15) is 0 Å². The van der Waals surface area contributed by atoms with Crippen molar-refractivity contribution >= 4 is 5.91 Å². The van der Waals surface area contributed by atoms with E-state index in [-0.39, 0.29) is 5.91 Å². The summed E-state index contributed by atoms with van der Waals surface area (Å²) in [5, 5.41) is 2.95. The molecule has 0 atom stereocenters. The van der Waals surface area contributed by atoms with Crippen molar-refractivity contribution in [3.63, 3.8) is 0 Å². The van der Waals surface area contributed by atoms with Gasteiger partial charge >= 0.3 is 0 Å². The molecule has 5 nitrogen and oxygen atoms in total. The monoisotopic (exact) mass is 335 g/mol. The quantitative estimate of drug-likeness (QED) is 0.722. The first-order valence-corrected chi connectivity index (χ1v) is 8.17. The number of carbonyl (C=O) groups is 1. The average molecular weight is 335 g/mol. The number of methoxy groups -OCH3 is 1. The fourth-order valence-corrected chi connectivity index (χ4v) is 2.64. The molecule has 0 aliphatic carbocycles. The van der Waals surface area contributed by atoms with Crippen LogP contribution in [-0.2, 0) is 24.3 Å². The molecule has 0 saturated heterocycles. The van der Waals surface area contributed by atoms with E-state index in [0.717, 1.165) is 23.4 Å². The van der Waals surface area contributed by atoms with Crippen molar-refractivity contribution in [2.75, 3.05) is 7.11 Å². The summed E-state index contributed by atoms with van der Waals surface area (Å²) in [6.45, 7) is 1.31. The second-order valence-electron chi connectivity index (χ2n) is 5.82. The van der Waals surface area contributed by atoms with Gasteiger partial charge in [0.2, 0.25) is 5.91 Å². The number of hydrogen-bond acceptors (Lipinski definition) is 3. The van der Waals surface area contributed by atoms with Gasteiger partial charge in [0, 0.05) is 31.0 Å². The maximum Gasteiger partial charge on any atom is 0.224 e. The minimum atomic E-state index is -0.0213. The second kappa shape index (κ2) is 8.15. The van der Waals surface area contributed by atoms with E-state index in [1.54, 1.807) is 19.6 Å². The Hall–Kier alpha value is -3.08. The Bertz CT molecular complexity index is 811. The number of nitrogens with zero attached hydrogens (tertiary/aromatic N) is 2. The van der Waals surface area contributed by atoms with Crippen LogP contribution in [0.4, 0.5) is 0 Å². The predicted molar refractivity (Wildman–Crippen MR) is 96.3 cm³/mol. The zero-order valence-electron chi connectivity index (χ0n) is 14.2. The minimum absolute atomic E-state index is 0.0213. The number of carbonyl (C=O) groups excluding carboxylic acids is 1. The van der Waals surface area contributed by atoms with Gasteiger partial charge < -0.3 is 14.6 Å². The Balaban J connectivity index is 1.52. The summed E-state index contributed by atoms with van der Waals surface area (Å²) >= 11 is 0. The first kappa shape index (κ1) is 16.8. The van der Waals surface area contributed by atoms with E-state index in [1.807, 2.05) is 47.2 Å². The number of para-hydroxylation sites is 1. The van der Waals surface area contributed by atoms with E-state index >= 15 is 0 Å². The lowest BCUT2D eigenvalue weighted by Gasteiger charge is -2.09. The normalized spacial score (nSPS) is 10.4. The molecule has 0 fully saturated rings. The van der Waals surface area contributed by atoms with Crippen molar-refractivity contribution < 1.29 is 9.53 Å². The molecule has 1 N–H and O–H groups in total. The summed E-state index contributed by atoms with van der Waals surface area (Å²) in [6.07, 6.45) is 5.81. The highest BCUT2D eigenvalue weighted by molar-refractivity contribution is 5.79. The van der Waals surface area contributed by atoms with Crippen molar-refractivity contribution in [2.45, 2.75) is 19.5 Å². The highest BCUT2D eigenvalue weighted by Crippen LogP contribution is 2.17. The number of imidazole rings is 1. The largest absolute Gasteiger partial charge is 0.496 e. The Morgan fingerprint density at radius 2 is 1.88 bits per heavy atom. The Morgan fingerprint density at radius 1 is 1.12 bits per heavy atom. The fraction of sp³-hybridized carbons (Fsp3) is 0.200. The van der Waals surface area contributed by atoms with Gasteiger partial charge in [0.05, 0.1) is 19.9 Å².